The van der Waals surface area contributed by atoms with Gasteiger partial charge in [-0.1, -0.05) is 32.4 Å². The molecule has 0 bridgehead atoms. The van der Waals surface area contributed by atoms with Gasteiger partial charge in [0.2, 0.25) is 0 Å². The highest BCUT2D eigenvalue weighted by atomic mass is 35.5. The van der Waals surface area contributed by atoms with Crippen molar-refractivity contribution in [2.75, 3.05) is 24.5 Å². The van der Waals surface area contributed by atoms with E-state index in [2.05, 4.69) is 25.8 Å². The molecule has 0 amide bonds. The topological polar surface area (TPSA) is 85.3 Å². The smallest absolute Gasteiger partial charge is 0.289 e. The molecule has 0 atom stereocenters. The van der Waals surface area contributed by atoms with Crippen LogP contribution in [-0.4, -0.2) is 29.5 Å². The lowest BCUT2D eigenvalue weighted by Gasteiger charge is -2.32. The Hall–Kier alpha value is -1.40. The van der Waals surface area contributed by atoms with Crippen molar-refractivity contribution in [3.05, 3.63) is 27.4 Å². The fourth-order valence-corrected chi connectivity index (χ4v) is 2.14. The first-order valence-corrected chi connectivity index (χ1v) is 6.93. The predicted molar refractivity (Wildman–Crippen MR) is 81.2 cm³/mol. The molecule has 0 radical (unpaired) electrons. The summed E-state index contributed by atoms with van der Waals surface area (Å²) in [7, 11) is 0. The van der Waals surface area contributed by atoms with Crippen molar-refractivity contribution in [3.63, 3.8) is 0 Å². The maximum Gasteiger partial charge on any atom is 0.289 e. The third kappa shape index (κ3) is 4.31. The highest BCUT2D eigenvalue weighted by molar-refractivity contribution is 6.33. The minimum Gasteiger partial charge on any atom is -0.355 e. The Bertz CT molecular complexity index is 479. The third-order valence-corrected chi connectivity index (χ3v) is 3.26. The number of halogens is 1. The molecule has 1 aromatic rings. The second kappa shape index (κ2) is 6.85. The summed E-state index contributed by atoms with van der Waals surface area (Å²) in [5.74, 6) is 0.570. The van der Waals surface area contributed by atoms with E-state index in [4.69, 9.17) is 17.3 Å². The van der Waals surface area contributed by atoms with Gasteiger partial charge in [0.25, 0.3) is 5.69 Å². The Morgan fingerprint density at radius 2 is 2.20 bits per heavy atom. The predicted octanol–water partition coefficient (Wildman–Crippen LogP) is 2.84. The molecule has 0 aliphatic heterocycles. The first-order chi connectivity index (χ1) is 9.30. The van der Waals surface area contributed by atoms with Crippen LogP contribution in [0.1, 0.15) is 27.2 Å². The molecule has 0 saturated carbocycles. The zero-order valence-corrected chi connectivity index (χ0v) is 12.9. The van der Waals surface area contributed by atoms with E-state index in [1.165, 1.54) is 12.3 Å². The van der Waals surface area contributed by atoms with Crippen LogP contribution in [0.25, 0.3) is 0 Å². The molecule has 0 unspecified atom stereocenters. The molecule has 0 spiro atoms. The van der Waals surface area contributed by atoms with E-state index in [1.807, 2.05) is 4.90 Å². The van der Waals surface area contributed by atoms with Crippen LogP contribution in [-0.2, 0) is 0 Å². The quantitative estimate of drug-likeness (QED) is 0.618. The molecule has 1 aromatic heterocycles. The minimum atomic E-state index is -0.503. The second-order valence-electron chi connectivity index (χ2n) is 5.55. The lowest BCUT2D eigenvalue weighted by molar-refractivity contribution is -0.385. The van der Waals surface area contributed by atoms with Gasteiger partial charge in [-0.2, -0.15) is 0 Å². The molecule has 7 heteroatoms. The summed E-state index contributed by atoms with van der Waals surface area (Å²) >= 11 is 6.14. The lowest BCUT2D eigenvalue weighted by Crippen LogP contribution is -2.39. The standard InChI is InChI=1S/C13H21ClN4O2/c1-4-5-17(9-13(2,3)8-15)12-11(14)6-10(7-16-12)18(19)20/h6-7H,4-5,8-9,15H2,1-3H3. The molecule has 0 fully saturated rings. The van der Waals surface area contributed by atoms with Gasteiger partial charge in [0.15, 0.2) is 0 Å². The molecule has 0 aliphatic rings. The normalized spacial score (nSPS) is 11.4. The number of hydrogen-bond acceptors (Lipinski definition) is 5. The first-order valence-electron chi connectivity index (χ1n) is 6.55. The number of hydrogen-bond donors (Lipinski definition) is 1. The number of pyridine rings is 1. The van der Waals surface area contributed by atoms with Crippen molar-refractivity contribution in [2.24, 2.45) is 11.1 Å². The highest BCUT2D eigenvalue weighted by Crippen LogP contribution is 2.29. The Morgan fingerprint density at radius 1 is 1.55 bits per heavy atom. The molecule has 0 aliphatic carbocycles. The van der Waals surface area contributed by atoms with E-state index < -0.39 is 4.92 Å². The number of aromatic nitrogens is 1. The maximum absolute atomic E-state index is 10.7. The van der Waals surface area contributed by atoms with Crippen molar-refractivity contribution < 1.29 is 4.92 Å². The average Bonchev–Trinajstić information content (AvgIpc) is 2.38. The summed E-state index contributed by atoms with van der Waals surface area (Å²) in [6.45, 7) is 8.19. The van der Waals surface area contributed by atoms with Gasteiger partial charge in [0, 0.05) is 19.2 Å². The first kappa shape index (κ1) is 16.7. The molecule has 20 heavy (non-hydrogen) atoms. The molecule has 0 saturated heterocycles. The summed E-state index contributed by atoms with van der Waals surface area (Å²) in [6, 6.07) is 1.34. The van der Waals surface area contributed by atoms with Crippen LogP contribution in [0.4, 0.5) is 11.5 Å². The summed E-state index contributed by atoms with van der Waals surface area (Å²) in [5, 5.41) is 11.0. The van der Waals surface area contributed by atoms with E-state index in [-0.39, 0.29) is 11.1 Å². The van der Waals surface area contributed by atoms with Gasteiger partial charge in [0.1, 0.15) is 12.0 Å². The van der Waals surface area contributed by atoms with Gasteiger partial charge in [-0.25, -0.2) is 4.98 Å². The fraction of sp³-hybridized carbons (Fsp3) is 0.615. The summed E-state index contributed by atoms with van der Waals surface area (Å²) in [6.07, 6.45) is 2.16. The van der Waals surface area contributed by atoms with E-state index in [0.717, 1.165) is 13.0 Å². The van der Waals surface area contributed by atoms with Gasteiger partial charge >= 0.3 is 0 Å². The number of nitrogens with two attached hydrogens (primary N) is 1. The van der Waals surface area contributed by atoms with Gasteiger partial charge in [0.05, 0.1) is 9.95 Å². The van der Waals surface area contributed by atoms with Crippen LogP contribution >= 0.6 is 11.6 Å². The van der Waals surface area contributed by atoms with Crippen molar-refractivity contribution in [1.82, 2.24) is 4.98 Å². The Morgan fingerprint density at radius 3 is 2.65 bits per heavy atom. The number of anilines is 1. The number of nitrogens with zero attached hydrogens (tertiary/aromatic N) is 3. The number of rotatable bonds is 7. The van der Waals surface area contributed by atoms with Gasteiger partial charge in [-0.15, -0.1) is 0 Å². The molecule has 0 aromatic carbocycles. The Labute approximate surface area is 124 Å². The Kier molecular flexibility index (Phi) is 5.71. The summed E-state index contributed by atoms with van der Waals surface area (Å²) < 4.78 is 0. The fourth-order valence-electron chi connectivity index (χ4n) is 1.86. The molecule has 112 valence electrons. The zero-order chi connectivity index (χ0) is 15.3. The van der Waals surface area contributed by atoms with Gasteiger partial charge < -0.3 is 10.6 Å². The molecule has 1 rings (SSSR count). The van der Waals surface area contributed by atoms with Crippen LogP contribution in [0.15, 0.2) is 12.3 Å². The summed E-state index contributed by atoms with van der Waals surface area (Å²) in [4.78, 5) is 16.4. The van der Waals surface area contributed by atoms with E-state index in [0.29, 0.717) is 23.9 Å². The maximum atomic E-state index is 10.7. The highest BCUT2D eigenvalue weighted by Gasteiger charge is 2.23. The molecular formula is C13H21ClN4O2. The SMILES string of the molecule is CCCN(CC(C)(C)CN)c1ncc([N+](=O)[O-])cc1Cl. The third-order valence-electron chi connectivity index (χ3n) is 2.98. The number of nitro groups is 1. The van der Waals surface area contributed by atoms with E-state index in [1.54, 1.807) is 0 Å². The van der Waals surface area contributed by atoms with Crippen LogP contribution in [0.3, 0.4) is 0 Å². The molecule has 1 heterocycles. The van der Waals surface area contributed by atoms with Crippen LogP contribution < -0.4 is 10.6 Å². The zero-order valence-electron chi connectivity index (χ0n) is 12.1. The van der Waals surface area contributed by atoms with Crippen molar-refractivity contribution in [3.8, 4) is 0 Å². The van der Waals surface area contributed by atoms with Crippen molar-refractivity contribution in [1.29, 1.82) is 0 Å². The molecular weight excluding hydrogens is 280 g/mol. The van der Waals surface area contributed by atoms with Crippen LogP contribution in [0.5, 0.6) is 0 Å². The van der Waals surface area contributed by atoms with E-state index in [9.17, 15) is 10.1 Å². The molecule has 6 nitrogen and oxygen atoms in total. The minimum absolute atomic E-state index is 0.0814. The average molecular weight is 301 g/mol. The lowest BCUT2D eigenvalue weighted by atomic mass is 9.93. The second-order valence-corrected chi connectivity index (χ2v) is 5.95. The summed E-state index contributed by atoms with van der Waals surface area (Å²) in [5.41, 5.74) is 5.58. The monoisotopic (exact) mass is 300 g/mol. The van der Waals surface area contributed by atoms with Crippen molar-refractivity contribution >= 4 is 23.1 Å². The molecule has 2 N–H and O–H groups in total. The van der Waals surface area contributed by atoms with Crippen molar-refractivity contribution in [2.45, 2.75) is 27.2 Å². The van der Waals surface area contributed by atoms with E-state index >= 15 is 0 Å². The van der Waals surface area contributed by atoms with Crippen LogP contribution in [0.2, 0.25) is 5.02 Å². The van der Waals surface area contributed by atoms with Gasteiger partial charge in [-0.05, 0) is 18.4 Å². The Balaban J connectivity index is 3.06. The van der Waals surface area contributed by atoms with Crippen LogP contribution in [0, 0.1) is 15.5 Å². The van der Waals surface area contributed by atoms with Gasteiger partial charge in [-0.3, -0.25) is 10.1 Å². The largest absolute Gasteiger partial charge is 0.355 e.